The van der Waals surface area contributed by atoms with E-state index in [1.54, 1.807) is 4.57 Å². The molecule has 0 bridgehead atoms. The van der Waals surface area contributed by atoms with Gasteiger partial charge in [0.15, 0.2) is 5.16 Å². The van der Waals surface area contributed by atoms with E-state index in [1.165, 1.54) is 11.8 Å². The first-order valence-corrected chi connectivity index (χ1v) is 6.43. The van der Waals surface area contributed by atoms with Gasteiger partial charge < -0.3 is 10.5 Å². The van der Waals surface area contributed by atoms with Gasteiger partial charge >= 0.3 is 5.97 Å². The maximum atomic E-state index is 11.4. The van der Waals surface area contributed by atoms with E-state index in [1.807, 2.05) is 27.7 Å². The third-order valence-electron chi connectivity index (χ3n) is 1.89. The number of aromatic nitrogens is 3. The van der Waals surface area contributed by atoms with Crippen molar-refractivity contribution in [1.82, 2.24) is 14.8 Å². The number of ether oxygens (including phenoxy) is 1. The fraction of sp³-hybridized carbons (Fsp3) is 0.700. The molecule has 1 heterocycles. The molecule has 17 heavy (non-hydrogen) atoms. The summed E-state index contributed by atoms with van der Waals surface area (Å²) in [4.78, 5) is 11.4. The molecule has 0 atom stereocenters. The van der Waals surface area contributed by atoms with E-state index in [-0.39, 0.29) is 23.9 Å². The SMILES string of the molecule is CC(C)OC(=O)CSc1nnc(N)n1C(C)C. The van der Waals surface area contributed by atoms with Crippen LogP contribution >= 0.6 is 11.8 Å². The number of carbonyl (C=O) groups excluding carboxylic acids is 1. The Morgan fingerprint density at radius 3 is 2.59 bits per heavy atom. The highest BCUT2D eigenvalue weighted by Gasteiger charge is 2.15. The Morgan fingerprint density at radius 2 is 2.06 bits per heavy atom. The van der Waals surface area contributed by atoms with Gasteiger partial charge in [0.25, 0.3) is 0 Å². The van der Waals surface area contributed by atoms with E-state index >= 15 is 0 Å². The number of hydrogen-bond donors (Lipinski definition) is 1. The molecule has 0 aliphatic carbocycles. The molecule has 0 aliphatic heterocycles. The molecule has 96 valence electrons. The van der Waals surface area contributed by atoms with Gasteiger partial charge in [-0.3, -0.25) is 9.36 Å². The highest BCUT2D eigenvalue weighted by Crippen LogP contribution is 2.22. The summed E-state index contributed by atoms with van der Waals surface area (Å²) in [5.74, 6) is 0.310. The largest absolute Gasteiger partial charge is 0.462 e. The average Bonchev–Trinajstić information content (AvgIpc) is 2.55. The molecule has 0 amide bonds. The summed E-state index contributed by atoms with van der Waals surface area (Å²) >= 11 is 1.28. The molecule has 6 nitrogen and oxygen atoms in total. The zero-order valence-electron chi connectivity index (χ0n) is 10.5. The fourth-order valence-electron chi connectivity index (χ4n) is 1.29. The quantitative estimate of drug-likeness (QED) is 0.636. The first kappa shape index (κ1) is 13.8. The summed E-state index contributed by atoms with van der Waals surface area (Å²) in [5, 5.41) is 8.36. The van der Waals surface area contributed by atoms with Crippen LogP contribution in [0.4, 0.5) is 5.95 Å². The lowest BCUT2D eigenvalue weighted by atomic mass is 10.4. The molecule has 0 radical (unpaired) electrons. The van der Waals surface area contributed by atoms with Crippen molar-refractivity contribution in [3.05, 3.63) is 0 Å². The second kappa shape index (κ2) is 5.90. The van der Waals surface area contributed by atoms with E-state index in [0.29, 0.717) is 11.1 Å². The van der Waals surface area contributed by atoms with Crippen molar-refractivity contribution in [2.24, 2.45) is 0 Å². The lowest BCUT2D eigenvalue weighted by Crippen LogP contribution is -2.14. The number of nitrogen functional groups attached to an aromatic ring is 1. The van der Waals surface area contributed by atoms with E-state index in [2.05, 4.69) is 10.2 Å². The lowest BCUT2D eigenvalue weighted by molar-refractivity contribution is -0.144. The van der Waals surface area contributed by atoms with Gasteiger partial charge in [0, 0.05) is 6.04 Å². The number of nitrogens with zero attached hydrogens (tertiary/aromatic N) is 3. The lowest BCUT2D eigenvalue weighted by Gasteiger charge is -2.11. The summed E-state index contributed by atoms with van der Waals surface area (Å²) in [7, 11) is 0. The molecule has 0 spiro atoms. The molecule has 0 aliphatic rings. The Bertz CT molecular complexity index is 390. The second-order valence-electron chi connectivity index (χ2n) is 4.13. The van der Waals surface area contributed by atoms with Crippen LogP contribution in [-0.4, -0.2) is 32.6 Å². The van der Waals surface area contributed by atoms with Crippen LogP contribution in [0, 0.1) is 0 Å². The number of nitrogens with two attached hydrogens (primary N) is 1. The van der Waals surface area contributed by atoms with E-state index in [4.69, 9.17) is 10.5 Å². The predicted molar refractivity (Wildman–Crippen MR) is 66.8 cm³/mol. The topological polar surface area (TPSA) is 83.0 Å². The number of rotatable bonds is 5. The molecule has 0 fully saturated rings. The van der Waals surface area contributed by atoms with Crippen molar-refractivity contribution in [3.63, 3.8) is 0 Å². The third kappa shape index (κ3) is 3.92. The number of anilines is 1. The zero-order chi connectivity index (χ0) is 13.0. The minimum absolute atomic E-state index is 0.101. The van der Waals surface area contributed by atoms with Gasteiger partial charge in [0.2, 0.25) is 5.95 Å². The first-order chi connectivity index (χ1) is 7.91. The number of thioether (sulfide) groups is 1. The van der Waals surface area contributed by atoms with Gasteiger partial charge in [-0.25, -0.2) is 0 Å². The monoisotopic (exact) mass is 258 g/mol. The molecular formula is C10H18N4O2S. The van der Waals surface area contributed by atoms with Crippen LogP contribution < -0.4 is 5.73 Å². The van der Waals surface area contributed by atoms with Gasteiger partial charge in [-0.05, 0) is 27.7 Å². The number of carbonyl (C=O) groups is 1. The van der Waals surface area contributed by atoms with Crippen molar-refractivity contribution in [1.29, 1.82) is 0 Å². The molecule has 0 saturated heterocycles. The maximum Gasteiger partial charge on any atom is 0.316 e. The van der Waals surface area contributed by atoms with Crippen molar-refractivity contribution in [3.8, 4) is 0 Å². The summed E-state index contributed by atoms with van der Waals surface area (Å²) in [5.41, 5.74) is 5.69. The van der Waals surface area contributed by atoms with Gasteiger partial charge in [0.05, 0.1) is 11.9 Å². The van der Waals surface area contributed by atoms with Gasteiger partial charge in [-0.1, -0.05) is 11.8 Å². The Balaban J connectivity index is 2.61. The third-order valence-corrected chi connectivity index (χ3v) is 2.81. The van der Waals surface area contributed by atoms with Crippen LogP contribution in [0.2, 0.25) is 0 Å². The van der Waals surface area contributed by atoms with Crippen molar-refractivity contribution >= 4 is 23.7 Å². The predicted octanol–water partition coefficient (Wildman–Crippen LogP) is 1.48. The normalized spacial score (nSPS) is 11.2. The molecule has 1 rings (SSSR count). The zero-order valence-corrected chi connectivity index (χ0v) is 11.3. The van der Waals surface area contributed by atoms with E-state index < -0.39 is 0 Å². The minimum atomic E-state index is -0.262. The van der Waals surface area contributed by atoms with Crippen LogP contribution in [0.1, 0.15) is 33.7 Å². The van der Waals surface area contributed by atoms with Crippen LogP contribution in [-0.2, 0) is 9.53 Å². The minimum Gasteiger partial charge on any atom is -0.462 e. The first-order valence-electron chi connectivity index (χ1n) is 5.44. The van der Waals surface area contributed by atoms with Gasteiger partial charge in [0.1, 0.15) is 0 Å². The summed E-state index contributed by atoms with van der Waals surface area (Å²) < 4.78 is 6.82. The second-order valence-corrected chi connectivity index (χ2v) is 5.07. The Hall–Kier alpha value is -1.24. The molecule has 1 aromatic heterocycles. The molecule has 2 N–H and O–H groups in total. The molecule has 0 unspecified atom stereocenters. The van der Waals surface area contributed by atoms with E-state index in [0.717, 1.165) is 0 Å². The van der Waals surface area contributed by atoms with Crippen LogP contribution in [0.15, 0.2) is 5.16 Å². The maximum absolute atomic E-state index is 11.4. The number of hydrogen-bond acceptors (Lipinski definition) is 6. The molecule has 1 aromatic rings. The summed E-state index contributed by atoms with van der Waals surface area (Å²) in [6.45, 7) is 7.60. The molecule has 0 aromatic carbocycles. The van der Waals surface area contributed by atoms with Crippen LogP contribution in [0.5, 0.6) is 0 Å². The van der Waals surface area contributed by atoms with Gasteiger partial charge in [-0.15, -0.1) is 10.2 Å². The average molecular weight is 258 g/mol. The van der Waals surface area contributed by atoms with Crippen molar-refractivity contribution in [2.75, 3.05) is 11.5 Å². The summed E-state index contributed by atoms with van der Waals surface area (Å²) in [6, 6.07) is 0.161. The number of esters is 1. The Kier molecular flexibility index (Phi) is 4.80. The van der Waals surface area contributed by atoms with Gasteiger partial charge in [-0.2, -0.15) is 0 Å². The standard InChI is InChI=1S/C10H18N4O2S/c1-6(2)14-9(11)12-13-10(14)17-5-8(15)16-7(3)4/h6-7H,5H2,1-4H3,(H2,11,12). The molecule has 7 heteroatoms. The fourth-order valence-corrected chi connectivity index (χ4v) is 2.15. The molecule has 0 saturated carbocycles. The molecular weight excluding hydrogens is 240 g/mol. The summed E-state index contributed by atoms with van der Waals surface area (Å²) in [6.07, 6.45) is -0.101. The smallest absolute Gasteiger partial charge is 0.316 e. The van der Waals surface area contributed by atoms with Crippen molar-refractivity contribution < 1.29 is 9.53 Å². The highest BCUT2D eigenvalue weighted by atomic mass is 32.2. The Labute approximate surface area is 105 Å². The Morgan fingerprint density at radius 1 is 1.41 bits per heavy atom. The van der Waals surface area contributed by atoms with Crippen LogP contribution in [0.3, 0.4) is 0 Å². The van der Waals surface area contributed by atoms with Crippen LogP contribution in [0.25, 0.3) is 0 Å². The highest BCUT2D eigenvalue weighted by molar-refractivity contribution is 7.99. The van der Waals surface area contributed by atoms with Crippen molar-refractivity contribution in [2.45, 2.75) is 45.0 Å². The van der Waals surface area contributed by atoms with E-state index in [9.17, 15) is 4.79 Å².